The van der Waals surface area contributed by atoms with E-state index in [1.165, 1.54) is 0 Å². The van der Waals surface area contributed by atoms with Crippen LogP contribution in [0, 0.1) is 0 Å². The van der Waals surface area contributed by atoms with E-state index in [-0.39, 0.29) is 11.8 Å². The number of hydrogen-bond acceptors (Lipinski definition) is 4. The lowest BCUT2D eigenvalue weighted by molar-refractivity contribution is -0.126. The van der Waals surface area contributed by atoms with Crippen LogP contribution in [-0.4, -0.2) is 27.8 Å². The Morgan fingerprint density at radius 1 is 1.44 bits per heavy atom. The van der Waals surface area contributed by atoms with Gasteiger partial charge in [-0.1, -0.05) is 0 Å². The summed E-state index contributed by atoms with van der Waals surface area (Å²) in [7, 11) is 1.57. The van der Waals surface area contributed by atoms with Crippen LogP contribution in [0.25, 0.3) is 0 Å². The second-order valence-corrected chi connectivity index (χ2v) is 5.17. The Bertz CT molecular complexity index is 441. The molecule has 100 valence electrons. The minimum absolute atomic E-state index is 0.144. The maximum absolute atomic E-state index is 11.3. The number of hydrogen-bond donors (Lipinski definition) is 1. The molecule has 0 aromatic carbocycles. The molecule has 0 bridgehead atoms. The highest BCUT2D eigenvalue weighted by Gasteiger charge is 2.40. The second-order valence-electron chi connectivity index (χ2n) is 5.17. The predicted molar refractivity (Wildman–Crippen MR) is 66.5 cm³/mol. The molecular formula is C13H20N2O3. The highest BCUT2D eigenvalue weighted by molar-refractivity contribution is 5.79. The van der Waals surface area contributed by atoms with Crippen LogP contribution in [0.1, 0.15) is 51.3 Å². The third kappa shape index (κ3) is 2.14. The Morgan fingerprint density at radius 3 is 2.56 bits per heavy atom. The van der Waals surface area contributed by atoms with Crippen molar-refractivity contribution < 1.29 is 14.6 Å². The molecule has 1 aromatic heterocycles. The second kappa shape index (κ2) is 4.72. The van der Waals surface area contributed by atoms with Crippen molar-refractivity contribution in [1.82, 2.24) is 9.78 Å². The third-order valence-electron chi connectivity index (χ3n) is 3.55. The lowest BCUT2D eigenvalue weighted by atomic mass is 9.81. The molecule has 18 heavy (non-hydrogen) atoms. The fraction of sp³-hybridized carbons (Fsp3) is 0.692. The molecule has 0 spiro atoms. The monoisotopic (exact) mass is 252 g/mol. The first-order valence-electron chi connectivity index (χ1n) is 6.34. The molecular weight excluding hydrogens is 232 g/mol. The zero-order valence-electron chi connectivity index (χ0n) is 11.1. The molecule has 1 heterocycles. The van der Waals surface area contributed by atoms with E-state index >= 15 is 0 Å². The lowest BCUT2D eigenvalue weighted by Crippen LogP contribution is -2.34. The normalized spacial score (nSPS) is 19.3. The van der Waals surface area contributed by atoms with Gasteiger partial charge in [-0.3, -0.25) is 9.48 Å². The number of nitrogens with zero attached hydrogens (tertiary/aromatic N) is 2. The molecule has 1 saturated carbocycles. The largest absolute Gasteiger partial charge is 0.493 e. The molecule has 5 nitrogen and oxygen atoms in total. The van der Waals surface area contributed by atoms with E-state index < -0.39 is 5.60 Å². The summed E-state index contributed by atoms with van der Waals surface area (Å²) in [5, 5.41) is 15.1. The molecule has 1 fully saturated rings. The highest BCUT2D eigenvalue weighted by Crippen LogP contribution is 2.41. The fourth-order valence-corrected chi connectivity index (χ4v) is 2.51. The average Bonchev–Trinajstić information content (AvgIpc) is 2.78. The van der Waals surface area contributed by atoms with Crippen LogP contribution in [0.3, 0.4) is 0 Å². The van der Waals surface area contributed by atoms with E-state index in [0.717, 1.165) is 0 Å². The van der Waals surface area contributed by atoms with Crippen molar-refractivity contribution in [1.29, 1.82) is 0 Å². The molecule has 1 aliphatic carbocycles. The number of carbonyl (C=O) groups excluding carboxylic acids is 1. The zero-order chi connectivity index (χ0) is 13.3. The molecule has 5 heteroatoms. The lowest BCUT2D eigenvalue weighted by Gasteiger charge is -2.33. The first-order chi connectivity index (χ1) is 8.48. The van der Waals surface area contributed by atoms with Crippen LogP contribution in [0.15, 0.2) is 6.20 Å². The Hall–Kier alpha value is -1.36. The molecule has 0 saturated heterocycles. The summed E-state index contributed by atoms with van der Waals surface area (Å²) in [4.78, 5) is 11.3. The standard InChI is InChI=1S/C13H20N2O3/c1-9(2)15-12(11(18-3)8-14-15)13(17)6-4-10(16)5-7-13/h8-9,17H,4-7H2,1-3H3. The minimum atomic E-state index is -1.000. The molecule has 0 aliphatic heterocycles. The number of aromatic nitrogens is 2. The number of ketones is 1. The summed E-state index contributed by atoms with van der Waals surface area (Å²) in [6, 6.07) is 0.144. The van der Waals surface area contributed by atoms with Crippen LogP contribution in [0.4, 0.5) is 0 Å². The van der Waals surface area contributed by atoms with Crippen LogP contribution in [0.2, 0.25) is 0 Å². The summed E-state index contributed by atoms with van der Waals surface area (Å²) in [6.45, 7) is 4.01. The van der Waals surface area contributed by atoms with Crippen molar-refractivity contribution in [2.75, 3.05) is 7.11 Å². The number of methoxy groups -OCH3 is 1. The van der Waals surface area contributed by atoms with Gasteiger partial charge in [0.25, 0.3) is 0 Å². The summed E-state index contributed by atoms with van der Waals surface area (Å²) < 4.78 is 7.08. The Kier molecular flexibility index (Phi) is 3.43. The third-order valence-corrected chi connectivity index (χ3v) is 3.55. The summed E-state index contributed by atoms with van der Waals surface area (Å²) in [6.07, 6.45) is 3.36. The van der Waals surface area contributed by atoms with Crippen molar-refractivity contribution in [2.24, 2.45) is 0 Å². The van der Waals surface area contributed by atoms with Crippen molar-refractivity contribution in [2.45, 2.75) is 51.2 Å². The topological polar surface area (TPSA) is 64.3 Å². The molecule has 2 rings (SSSR count). The van der Waals surface area contributed by atoms with Gasteiger partial charge in [-0.2, -0.15) is 5.10 Å². The molecule has 1 N–H and O–H groups in total. The quantitative estimate of drug-likeness (QED) is 0.891. The predicted octanol–water partition coefficient (Wildman–Crippen LogP) is 1.80. The smallest absolute Gasteiger partial charge is 0.162 e. The van der Waals surface area contributed by atoms with Crippen molar-refractivity contribution in [3.8, 4) is 5.75 Å². The van der Waals surface area contributed by atoms with Crippen molar-refractivity contribution in [3.63, 3.8) is 0 Å². The van der Waals surface area contributed by atoms with E-state index in [1.54, 1.807) is 18.0 Å². The molecule has 0 atom stereocenters. The van der Waals surface area contributed by atoms with Gasteiger partial charge < -0.3 is 9.84 Å². The van der Waals surface area contributed by atoms with Gasteiger partial charge in [0.2, 0.25) is 0 Å². The first kappa shape index (κ1) is 13.1. The van der Waals surface area contributed by atoms with Gasteiger partial charge >= 0.3 is 0 Å². The zero-order valence-corrected chi connectivity index (χ0v) is 11.1. The Balaban J connectivity index is 2.42. The summed E-state index contributed by atoms with van der Waals surface area (Å²) >= 11 is 0. The highest BCUT2D eigenvalue weighted by atomic mass is 16.5. The molecule has 0 amide bonds. The van der Waals surface area contributed by atoms with E-state index in [4.69, 9.17) is 4.74 Å². The maximum Gasteiger partial charge on any atom is 0.162 e. The van der Waals surface area contributed by atoms with E-state index in [9.17, 15) is 9.90 Å². The Morgan fingerprint density at radius 2 is 2.06 bits per heavy atom. The number of ether oxygens (including phenoxy) is 1. The van der Waals surface area contributed by atoms with Crippen LogP contribution < -0.4 is 4.74 Å². The van der Waals surface area contributed by atoms with Crippen LogP contribution in [-0.2, 0) is 10.4 Å². The minimum Gasteiger partial charge on any atom is -0.493 e. The van der Waals surface area contributed by atoms with Gasteiger partial charge in [-0.25, -0.2) is 0 Å². The summed E-state index contributed by atoms with van der Waals surface area (Å²) in [5.74, 6) is 0.815. The van der Waals surface area contributed by atoms with Crippen LogP contribution >= 0.6 is 0 Å². The van der Waals surface area contributed by atoms with E-state index in [2.05, 4.69) is 5.10 Å². The molecule has 1 aliphatic rings. The van der Waals surface area contributed by atoms with E-state index in [0.29, 0.717) is 37.1 Å². The van der Waals surface area contributed by atoms with Crippen molar-refractivity contribution in [3.05, 3.63) is 11.9 Å². The van der Waals surface area contributed by atoms with Gasteiger partial charge in [-0.05, 0) is 26.7 Å². The van der Waals surface area contributed by atoms with Gasteiger partial charge in [0.15, 0.2) is 5.75 Å². The van der Waals surface area contributed by atoms with Crippen LogP contribution in [0.5, 0.6) is 5.75 Å². The van der Waals surface area contributed by atoms with Crippen molar-refractivity contribution >= 4 is 5.78 Å². The van der Waals surface area contributed by atoms with E-state index in [1.807, 2.05) is 13.8 Å². The molecule has 0 unspecified atom stereocenters. The number of carbonyl (C=O) groups is 1. The first-order valence-corrected chi connectivity index (χ1v) is 6.34. The number of Topliss-reactive ketones (excluding diaryl/α,β-unsaturated/α-hetero) is 1. The SMILES string of the molecule is COc1cnn(C(C)C)c1C1(O)CCC(=O)CC1. The Labute approximate surface area is 107 Å². The molecule has 0 radical (unpaired) electrons. The maximum atomic E-state index is 11.3. The number of rotatable bonds is 3. The van der Waals surface area contributed by atoms with Gasteiger partial charge in [0.1, 0.15) is 17.1 Å². The summed E-state index contributed by atoms with van der Waals surface area (Å²) in [5.41, 5.74) is -0.299. The van der Waals surface area contributed by atoms with Gasteiger partial charge in [0, 0.05) is 18.9 Å². The fourth-order valence-electron chi connectivity index (χ4n) is 2.51. The van der Waals surface area contributed by atoms with Gasteiger partial charge in [0.05, 0.1) is 13.3 Å². The number of aliphatic hydroxyl groups is 1. The molecule has 1 aromatic rings. The van der Waals surface area contributed by atoms with Gasteiger partial charge in [-0.15, -0.1) is 0 Å². The average molecular weight is 252 g/mol.